The predicted molar refractivity (Wildman–Crippen MR) is 97.6 cm³/mol. The second kappa shape index (κ2) is 6.43. The smallest absolute Gasteiger partial charge is 0.191 e. The molecule has 1 aliphatic heterocycles. The molecule has 1 atom stereocenters. The highest BCUT2D eigenvalue weighted by Crippen LogP contribution is 2.37. The summed E-state index contributed by atoms with van der Waals surface area (Å²) >= 11 is 3.50. The Morgan fingerprint density at radius 3 is 2.43 bits per heavy atom. The van der Waals surface area contributed by atoms with Crippen LogP contribution < -0.4 is 4.90 Å². The summed E-state index contributed by atoms with van der Waals surface area (Å²) in [7, 11) is -1.61. The Hall–Kier alpha value is -0.323. The third kappa shape index (κ3) is 4.33. The maximum atomic E-state index is 6.39. The molecule has 0 bridgehead atoms. The minimum absolute atomic E-state index is 0.303. The van der Waals surface area contributed by atoms with Crippen molar-refractivity contribution in [3.8, 4) is 0 Å². The first kappa shape index (κ1) is 17.0. The topological polar surface area (TPSA) is 12.5 Å². The van der Waals surface area contributed by atoms with Crippen LogP contribution in [0.5, 0.6) is 0 Å². The van der Waals surface area contributed by atoms with Gasteiger partial charge in [0, 0.05) is 35.8 Å². The summed E-state index contributed by atoms with van der Waals surface area (Å²) in [6.07, 6.45) is 1.24. The Morgan fingerprint density at radius 1 is 1.24 bits per heavy atom. The molecular formula is C17H28BrNOSi. The minimum Gasteiger partial charge on any atom is -0.416 e. The largest absolute Gasteiger partial charge is 0.416 e. The molecule has 1 heterocycles. The first-order valence-corrected chi connectivity index (χ1v) is 11.5. The van der Waals surface area contributed by atoms with Gasteiger partial charge in [0.25, 0.3) is 0 Å². The molecule has 118 valence electrons. The van der Waals surface area contributed by atoms with Gasteiger partial charge in [-0.15, -0.1) is 0 Å². The molecule has 0 spiro atoms. The molecule has 0 saturated carbocycles. The van der Waals surface area contributed by atoms with Gasteiger partial charge in [-0.05, 0) is 48.8 Å². The fraction of sp³-hybridized carbons (Fsp3) is 0.647. The van der Waals surface area contributed by atoms with Crippen LogP contribution in [0.15, 0.2) is 28.7 Å². The van der Waals surface area contributed by atoms with E-state index in [-0.39, 0.29) is 0 Å². The number of rotatable bonds is 4. The summed E-state index contributed by atoms with van der Waals surface area (Å²) in [5.41, 5.74) is 1.33. The van der Waals surface area contributed by atoms with E-state index in [1.54, 1.807) is 0 Å². The third-order valence-electron chi connectivity index (χ3n) is 4.96. The number of halogens is 1. The highest BCUT2D eigenvalue weighted by molar-refractivity contribution is 9.10. The second-order valence-electron chi connectivity index (χ2n) is 7.65. The number of hydrogen-bond donors (Lipinski definition) is 0. The molecule has 2 rings (SSSR count). The van der Waals surface area contributed by atoms with E-state index in [0.717, 1.165) is 24.2 Å². The zero-order chi connectivity index (χ0) is 15.7. The van der Waals surface area contributed by atoms with Crippen molar-refractivity contribution in [2.75, 3.05) is 24.6 Å². The van der Waals surface area contributed by atoms with Crippen molar-refractivity contribution >= 4 is 29.9 Å². The summed E-state index contributed by atoms with van der Waals surface area (Å²) < 4.78 is 7.53. The van der Waals surface area contributed by atoms with E-state index in [1.165, 1.54) is 12.1 Å². The van der Waals surface area contributed by atoms with E-state index >= 15 is 0 Å². The van der Waals surface area contributed by atoms with Crippen LogP contribution in [0.1, 0.15) is 27.2 Å². The lowest BCUT2D eigenvalue weighted by Gasteiger charge is -2.37. The van der Waals surface area contributed by atoms with Crippen molar-refractivity contribution in [2.45, 2.75) is 45.3 Å². The molecule has 1 unspecified atom stereocenters. The monoisotopic (exact) mass is 369 g/mol. The zero-order valence-electron chi connectivity index (χ0n) is 13.9. The Labute approximate surface area is 139 Å². The van der Waals surface area contributed by atoms with Gasteiger partial charge in [0.2, 0.25) is 0 Å². The van der Waals surface area contributed by atoms with E-state index in [0.29, 0.717) is 11.0 Å². The Balaban J connectivity index is 1.87. The van der Waals surface area contributed by atoms with Gasteiger partial charge in [0.15, 0.2) is 8.32 Å². The first-order chi connectivity index (χ1) is 9.69. The van der Waals surface area contributed by atoms with E-state index in [1.807, 2.05) is 0 Å². The fourth-order valence-electron chi connectivity index (χ4n) is 2.40. The van der Waals surface area contributed by atoms with E-state index in [2.05, 4.69) is 79.0 Å². The van der Waals surface area contributed by atoms with Crippen LogP contribution in [0.3, 0.4) is 0 Å². The Morgan fingerprint density at radius 2 is 1.86 bits per heavy atom. The highest BCUT2D eigenvalue weighted by atomic mass is 79.9. The van der Waals surface area contributed by atoms with Crippen molar-refractivity contribution in [1.82, 2.24) is 0 Å². The summed E-state index contributed by atoms with van der Waals surface area (Å²) in [6, 6.07) is 8.63. The van der Waals surface area contributed by atoms with Gasteiger partial charge in [-0.25, -0.2) is 0 Å². The second-order valence-corrected chi connectivity index (χ2v) is 13.4. The van der Waals surface area contributed by atoms with Crippen molar-refractivity contribution in [3.05, 3.63) is 28.7 Å². The van der Waals surface area contributed by atoms with Crippen LogP contribution in [0, 0.1) is 5.92 Å². The van der Waals surface area contributed by atoms with Gasteiger partial charge in [-0.2, -0.15) is 0 Å². The molecule has 4 heteroatoms. The van der Waals surface area contributed by atoms with Crippen LogP contribution in [-0.4, -0.2) is 28.0 Å². The standard InChI is InChI=1S/C17H28BrNOSi/c1-17(2,3)21(4,5)20-13-14-10-11-19(12-14)16-8-6-15(18)7-9-16/h6-9,14H,10-13H2,1-5H3. The lowest BCUT2D eigenvalue weighted by molar-refractivity contribution is 0.238. The quantitative estimate of drug-likeness (QED) is 0.667. The van der Waals surface area contributed by atoms with Crippen molar-refractivity contribution in [3.63, 3.8) is 0 Å². The maximum absolute atomic E-state index is 6.39. The molecule has 1 aromatic carbocycles. The van der Waals surface area contributed by atoms with Gasteiger partial charge in [0.05, 0.1) is 0 Å². The normalized spacial score (nSPS) is 20.1. The van der Waals surface area contributed by atoms with E-state index in [4.69, 9.17) is 4.43 Å². The van der Waals surface area contributed by atoms with Crippen molar-refractivity contribution < 1.29 is 4.43 Å². The van der Waals surface area contributed by atoms with Crippen molar-refractivity contribution in [1.29, 1.82) is 0 Å². The molecule has 1 saturated heterocycles. The molecule has 0 radical (unpaired) electrons. The molecule has 1 aromatic rings. The summed E-state index contributed by atoms with van der Waals surface area (Å²) in [6.45, 7) is 14.8. The van der Waals surface area contributed by atoms with E-state index in [9.17, 15) is 0 Å². The van der Waals surface area contributed by atoms with Gasteiger partial charge < -0.3 is 9.33 Å². The lowest BCUT2D eigenvalue weighted by atomic mass is 10.1. The number of anilines is 1. The molecule has 0 aliphatic carbocycles. The number of benzene rings is 1. The van der Waals surface area contributed by atoms with Crippen molar-refractivity contribution in [2.24, 2.45) is 5.92 Å². The van der Waals surface area contributed by atoms with Crippen LogP contribution >= 0.6 is 15.9 Å². The molecule has 0 N–H and O–H groups in total. The highest BCUT2D eigenvalue weighted by Gasteiger charge is 2.38. The SMILES string of the molecule is CC(C)(C)[Si](C)(C)OCC1CCN(c2ccc(Br)cc2)C1. The summed E-state index contributed by atoms with van der Waals surface area (Å²) in [5.74, 6) is 0.669. The van der Waals surface area contributed by atoms with Crippen LogP contribution in [0.2, 0.25) is 18.1 Å². The summed E-state index contributed by atoms with van der Waals surface area (Å²) in [5, 5.41) is 0.303. The van der Waals surface area contributed by atoms with Crippen LogP contribution in [0.4, 0.5) is 5.69 Å². The number of hydrogen-bond acceptors (Lipinski definition) is 2. The zero-order valence-corrected chi connectivity index (χ0v) is 16.5. The minimum atomic E-state index is -1.61. The Kier molecular flexibility index (Phi) is 5.22. The Bertz CT molecular complexity index is 467. The van der Waals surface area contributed by atoms with Crippen LogP contribution in [0.25, 0.3) is 0 Å². The molecule has 2 nitrogen and oxygen atoms in total. The molecule has 0 aromatic heterocycles. The summed E-state index contributed by atoms with van der Waals surface area (Å²) in [4.78, 5) is 2.48. The molecule has 1 aliphatic rings. The molecule has 0 amide bonds. The van der Waals surface area contributed by atoms with Gasteiger partial charge >= 0.3 is 0 Å². The third-order valence-corrected chi connectivity index (χ3v) is 9.99. The van der Waals surface area contributed by atoms with Gasteiger partial charge in [-0.1, -0.05) is 36.7 Å². The predicted octanol–water partition coefficient (Wildman–Crippen LogP) is 5.30. The van der Waals surface area contributed by atoms with Crippen LogP contribution in [-0.2, 0) is 4.43 Å². The number of nitrogens with zero attached hydrogens (tertiary/aromatic N) is 1. The first-order valence-electron chi connectivity index (χ1n) is 7.83. The van der Waals surface area contributed by atoms with Gasteiger partial charge in [0.1, 0.15) is 0 Å². The van der Waals surface area contributed by atoms with Gasteiger partial charge in [-0.3, -0.25) is 0 Å². The lowest BCUT2D eigenvalue weighted by Crippen LogP contribution is -2.42. The van der Waals surface area contributed by atoms with E-state index < -0.39 is 8.32 Å². The fourth-order valence-corrected chi connectivity index (χ4v) is 3.75. The molecule has 21 heavy (non-hydrogen) atoms. The average molecular weight is 370 g/mol. The molecular weight excluding hydrogens is 342 g/mol. The maximum Gasteiger partial charge on any atom is 0.191 e. The average Bonchev–Trinajstić information content (AvgIpc) is 2.85. The molecule has 1 fully saturated rings.